The van der Waals surface area contributed by atoms with E-state index in [4.69, 9.17) is 5.73 Å². The number of benzene rings is 1. The fourth-order valence-electron chi connectivity index (χ4n) is 3.32. The van der Waals surface area contributed by atoms with Crippen molar-refractivity contribution in [2.45, 2.75) is 58.2 Å². The second kappa shape index (κ2) is 6.39. The number of hydrogen-bond acceptors (Lipinski definition) is 1. The highest BCUT2D eigenvalue weighted by molar-refractivity contribution is 5.31. The Hall–Kier alpha value is -1.03. The molecule has 0 spiro atoms. The summed E-state index contributed by atoms with van der Waals surface area (Å²) in [6, 6.07) is 6.24. The first-order valence-corrected chi connectivity index (χ1v) is 7.66. The molecule has 1 aromatic rings. The number of aryl methyl sites for hydroxylation is 2. The van der Waals surface area contributed by atoms with Gasteiger partial charge in [0.05, 0.1) is 5.92 Å². The first-order chi connectivity index (χ1) is 9.77. The molecular formula is C17H24F3N. The van der Waals surface area contributed by atoms with Crippen LogP contribution in [0.25, 0.3) is 0 Å². The van der Waals surface area contributed by atoms with E-state index in [0.717, 1.165) is 6.42 Å². The Bertz CT molecular complexity index is 473. The highest BCUT2D eigenvalue weighted by atomic mass is 19.4. The van der Waals surface area contributed by atoms with Crippen molar-refractivity contribution in [1.82, 2.24) is 0 Å². The molecule has 1 aliphatic rings. The highest BCUT2D eigenvalue weighted by Gasteiger charge is 2.42. The van der Waals surface area contributed by atoms with E-state index in [2.05, 4.69) is 25.1 Å². The molecule has 2 N–H and O–H groups in total. The maximum absolute atomic E-state index is 12.7. The second-order valence-corrected chi connectivity index (χ2v) is 6.45. The first-order valence-electron chi connectivity index (χ1n) is 7.66. The molecular weight excluding hydrogens is 275 g/mol. The van der Waals surface area contributed by atoms with Crippen LogP contribution >= 0.6 is 0 Å². The molecule has 2 rings (SSSR count). The van der Waals surface area contributed by atoms with Gasteiger partial charge in [0.1, 0.15) is 0 Å². The van der Waals surface area contributed by atoms with Gasteiger partial charge in [0, 0.05) is 6.04 Å². The largest absolute Gasteiger partial charge is 0.391 e. The van der Waals surface area contributed by atoms with Crippen molar-refractivity contribution < 1.29 is 13.2 Å². The maximum atomic E-state index is 12.7. The molecule has 1 aromatic carbocycles. The molecule has 0 saturated heterocycles. The van der Waals surface area contributed by atoms with E-state index >= 15 is 0 Å². The predicted molar refractivity (Wildman–Crippen MR) is 79.1 cm³/mol. The summed E-state index contributed by atoms with van der Waals surface area (Å²) in [5, 5.41) is 0. The molecule has 0 heterocycles. The number of nitrogens with two attached hydrogens (primary N) is 1. The number of rotatable bonds is 3. The van der Waals surface area contributed by atoms with Crippen LogP contribution in [0.1, 0.15) is 42.4 Å². The van der Waals surface area contributed by atoms with Crippen LogP contribution in [0.15, 0.2) is 18.2 Å². The van der Waals surface area contributed by atoms with Gasteiger partial charge >= 0.3 is 6.18 Å². The van der Waals surface area contributed by atoms with Crippen molar-refractivity contribution in [1.29, 1.82) is 0 Å². The zero-order valence-corrected chi connectivity index (χ0v) is 12.7. The lowest BCUT2D eigenvalue weighted by Gasteiger charge is -2.33. The minimum Gasteiger partial charge on any atom is -0.327 e. The van der Waals surface area contributed by atoms with E-state index in [1.807, 2.05) is 6.92 Å². The normalized spacial score (nSPS) is 24.9. The molecule has 0 amide bonds. The van der Waals surface area contributed by atoms with Gasteiger partial charge in [-0.2, -0.15) is 13.2 Å². The molecule has 1 atom stereocenters. The third-order valence-corrected chi connectivity index (χ3v) is 4.80. The summed E-state index contributed by atoms with van der Waals surface area (Å²) >= 11 is 0. The lowest BCUT2D eigenvalue weighted by atomic mass is 9.77. The first kappa shape index (κ1) is 16.3. The number of halogens is 3. The summed E-state index contributed by atoms with van der Waals surface area (Å²) in [6.45, 7) is 4.10. The Morgan fingerprint density at radius 1 is 1.14 bits per heavy atom. The molecule has 1 aliphatic carbocycles. The second-order valence-electron chi connectivity index (χ2n) is 6.45. The van der Waals surface area contributed by atoms with Crippen molar-refractivity contribution in [3.8, 4) is 0 Å². The maximum Gasteiger partial charge on any atom is 0.391 e. The molecule has 0 radical (unpaired) electrons. The number of alkyl halides is 3. The van der Waals surface area contributed by atoms with Gasteiger partial charge in [-0.3, -0.25) is 0 Å². The molecule has 0 aromatic heterocycles. The minimum atomic E-state index is -4.04. The van der Waals surface area contributed by atoms with Gasteiger partial charge in [-0.15, -0.1) is 0 Å². The monoisotopic (exact) mass is 299 g/mol. The van der Waals surface area contributed by atoms with E-state index < -0.39 is 12.1 Å². The van der Waals surface area contributed by atoms with E-state index in [-0.39, 0.29) is 24.8 Å². The van der Waals surface area contributed by atoms with Crippen molar-refractivity contribution in [2.24, 2.45) is 17.6 Å². The van der Waals surface area contributed by atoms with Crippen LogP contribution in [0.2, 0.25) is 0 Å². The van der Waals surface area contributed by atoms with Gasteiger partial charge in [-0.1, -0.05) is 23.8 Å². The Balaban J connectivity index is 1.93. The SMILES string of the molecule is Cc1ccc(C)c(CC(N)C2CCC(C(F)(F)F)CC2)c1. The van der Waals surface area contributed by atoms with E-state index in [1.54, 1.807) is 0 Å². The summed E-state index contributed by atoms with van der Waals surface area (Å²) in [7, 11) is 0. The van der Waals surface area contributed by atoms with E-state index in [9.17, 15) is 13.2 Å². The summed E-state index contributed by atoms with van der Waals surface area (Å²) in [5.74, 6) is -0.912. The summed E-state index contributed by atoms with van der Waals surface area (Å²) in [6.07, 6.45) is -1.63. The zero-order valence-electron chi connectivity index (χ0n) is 12.7. The average Bonchev–Trinajstić information content (AvgIpc) is 2.42. The fraction of sp³-hybridized carbons (Fsp3) is 0.647. The third-order valence-electron chi connectivity index (χ3n) is 4.80. The smallest absolute Gasteiger partial charge is 0.327 e. The summed E-state index contributed by atoms with van der Waals surface area (Å²) < 4.78 is 38.0. The van der Waals surface area contributed by atoms with Gasteiger partial charge in [0.15, 0.2) is 0 Å². The van der Waals surface area contributed by atoms with Gasteiger partial charge in [0.25, 0.3) is 0 Å². The van der Waals surface area contributed by atoms with Gasteiger partial charge in [-0.05, 0) is 63.0 Å². The van der Waals surface area contributed by atoms with Crippen molar-refractivity contribution in [2.75, 3.05) is 0 Å². The van der Waals surface area contributed by atoms with E-state index in [0.29, 0.717) is 12.8 Å². The Morgan fingerprint density at radius 2 is 1.76 bits per heavy atom. The van der Waals surface area contributed by atoms with Gasteiger partial charge in [0.2, 0.25) is 0 Å². The van der Waals surface area contributed by atoms with Crippen LogP contribution in [0.5, 0.6) is 0 Å². The fourth-order valence-corrected chi connectivity index (χ4v) is 3.32. The molecule has 4 heteroatoms. The number of hydrogen-bond donors (Lipinski definition) is 1. The zero-order chi connectivity index (χ0) is 15.6. The molecule has 118 valence electrons. The van der Waals surface area contributed by atoms with Crippen LogP contribution < -0.4 is 5.73 Å². The van der Waals surface area contributed by atoms with Crippen LogP contribution in [-0.2, 0) is 6.42 Å². The molecule has 21 heavy (non-hydrogen) atoms. The standard InChI is InChI=1S/C17H24F3N/c1-11-3-4-12(2)14(9-11)10-16(21)13-5-7-15(8-6-13)17(18,19)20/h3-4,9,13,15-16H,5-8,10,21H2,1-2H3. The molecule has 1 nitrogen and oxygen atoms in total. The predicted octanol–water partition coefficient (Wildman–Crippen LogP) is 4.54. The van der Waals surface area contributed by atoms with Crippen LogP contribution in [0.3, 0.4) is 0 Å². The van der Waals surface area contributed by atoms with Crippen molar-refractivity contribution in [3.63, 3.8) is 0 Å². The highest BCUT2D eigenvalue weighted by Crippen LogP contribution is 2.40. The molecule has 0 bridgehead atoms. The minimum absolute atomic E-state index is 0.0420. The van der Waals surface area contributed by atoms with Crippen LogP contribution in [-0.4, -0.2) is 12.2 Å². The quantitative estimate of drug-likeness (QED) is 0.871. The van der Waals surface area contributed by atoms with Gasteiger partial charge < -0.3 is 5.73 Å². The Morgan fingerprint density at radius 3 is 2.33 bits per heavy atom. The van der Waals surface area contributed by atoms with Crippen LogP contribution in [0.4, 0.5) is 13.2 Å². The third kappa shape index (κ3) is 4.22. The van der Waals surface area contributed by atoms with Gasteiger partial charge in [-0.25, -0.2) is 0 Å². The van der Waals surface area contributed by atoms with Crippen molar-refractivity contribution >= 4 is 0 Å². The summed E-state index contributed by atoms with van der Waals surface area (Å²) in [4.78, 5) is 0. The van der Waals surface area contributed by atoms with E-state index in [1.165, 1.54) is 16.7 Å². The Kier molecular flexibility index (Phi) is 4.97. The Labute approximate surface area is 124 Å². The average molecular weight is 299 g/mol. The topological polar surface area (TPSA) is 26.0 Å². The lowest BCUT2D eigenvalue weighted by molar-refractivity contribution is -0.184. The molecule has 1 saturated carbocycles. The molecule has 1 unspecified atom stereocenters. The molecule has 0 aliphatic heterocycles. The summed E-state index contributed by atoms with van der Waals surface area (Å²) in [5.41, 5.74) is 9.90. The van der Waals surface area contributed by atoms with Crippen molar-refractivity contribution in [3.05, 3.63) is 34.9 Å². The molecule has 1 fully saturated rings. The lowest BCUT2D eigenvalue weighted by Crippen LogP contribution is -2.37. The van der Waals surface area contributed by atoms with Crippen LogP contribution in [0, 0.1) is 25.7 Å².